The largest absolute Gasteiger partial charge is 0.465 e. The third-order valence-corrected chi connectivity index (χ3v) is 4.35. The molecule has 0 saturated carbocycles. The first-order valence-corrected chi connectivity index (χ1v) is 7.96. The summed E-state index contributed by atoms with van der Waals surface area (Å²) in [5.41, 5.74) is -0.772. The maximum absolute atomic E-state index is 12.4. The Labute approximate surface area is 131 Å². The normalized spacial score (nSPS) is 31.1. The summed E-state index contributed by atoms with van der Waals surface area (Å²) >= 11 is 0. The van der Waals surface area contributed by atoms with Crippen molar-refractivity contribution in [2.75, 3.05) is 19.8 Å². The Balaban J connectivity index is 2.38. The molecule has 3 atom stereocenters. The Hall–Kier alpha value is -1.56. The van der Waals surface area contributed by atoms with E-state index in [1.807, 2.05) is 4.90 Å². The minimum absolute atomic E-state index is 0.236. The van der Waals surface area contributed by atoms with Crippen LogP contribution in [0.1, 0.15) is 40.0 Å². The zero-order chi connectivity index (χ0) is 16.3. The van der Waals surface area contributed by atoms with Crippen molar-refractivity contribution in [1.29, 1.82) is 0 Å². The molecule has 0 aromatic carbocycles. The van der Waals surface area contributed by atoms with Crippen molar-refractivity contribution in [2.24, 2.45) is 5.92 Å². The Morgan fingerprint density at radius 2 is 2.00 bits per heavy atom. The molecule has 124 valence electrons. The quantitative estimate of drug-likeness (QED) is 0.787. The predicted molar refractivity (Wildman–Crippen MR) is 79.8 cm³/mol. The van der Waals surface area contributed by atoms with Crippen LogP contribution in [0.3, 0.4) is 0 Å². The molecular formula is C16H25NO5. The number of esters is 2. The summed E-state index contributed by atoms with van der Waals surface area (Å²) in [5.74, 6) is -1.78. The molecular weight excluding hydrogens is 286 g/mol. The first kappa shape index (κ1) is 16.8. The van der Waals surface area contributed by atoms with E-state index in [-0.39, 0.29) is 18.8 Å². The molecule has 0 radical (unpaired) electrons. The number of aliphatic hydroxyl groups is 1. The monoisotopic (exact) mass is 311 g/mol. The van der Waals surface area contributed by atoms with Gasteiger partial charge in [0.15, 0.2) is 0 Å². The van der Waals surface area contributed by atoms with E-state index in [4.69, 9.17) is 9.47 Å². The highest BCUT2D eigenvalue weighted by atomic mass is 16.5. The average Bonchev–Trinajstić information content (AvgIpc) is 2.78. The molecule has 6 heteroatoms. The van der Waals surface area contributed by atoms with Gasteiger partial charge in [-0.1, -0.05) is 0 Å². The second-order valence-electron chi connectivity index (χ2n) is 6.03. The van der Waals surface area contributed by atoms with Gasteiger partial charge in [0.2, 0.25) is 0 Å². The van der Waals surface area contributed by atoms with Crippen molar-refractivity contribution >= 4 is 11.9 Å². The Morgan fingerprint density at radius 3 is 2.64 bits per heavy atom. The Morgan fingerprint density at radius 1 is 1.32 bits per heavy atom. The minimum atomic E-state index is -1.06. The van der Waals surface area contributed by atoms with Gasteiger partial charge in [0.25, 0.3) is 0 Å². The van der Waals surface area contributed by atoms with Gasteiger partial charge >= 0.3 is 11.9 Å². The second-order valence-corrected chi connectivity index (χ2v) is 6.03. The summed E-state index contributed by atoms with van der Waals surface area (Å²) in [6, 6.07) is -0.478. The van der Waals surface area contributed by atoms with Crippen LogP contribution in [-0.2, 0) is 19.1 Å². The van der Waals surface area contributed by atoms with Crippen LogP contribution < -0.4 is 0 Å². The zero-order valence-corrected chi connectivity index (χ0v) is 13.5. The number of rotatable bonds is 4. The number of fused-ring (bicyclic) bond motifs is 1. The lowest BCUT2D eigenvalue weighted by molar-refractivity contribution is -0.154. The van der Waals surface area contributed by atoms with Gasteiger partial charge in [0, 0.05) is 12.7 Å². The van der Waals surface area contributed by atoms with Crippen LogP contribution in [0.2, 0.25) is 0 Å². The van der Waals surface area contributed by atoms with Crippen molar-refractivity contribution in [1.82, 2.24) is 4.90 Å². The van der Waals surface area contributed by atoms with E-state index in [2.05, 4.69) is 0 Å². The van der Waals surface area contributed by atoms with Gasteiger partial charge in [-0.15, -0.1) is 0 Å². The molecule has 6 nitrogen and oxygen atoms in total. The molecule has 1 fully saturated rings. The van der Waals surface area contributed by atoms with Crippen LogP contribution in [0.4, 0.5) is 0 Å². The van der Waals surface area contributed by atoms with E-state index >= 15 is 0 Å². The van der Waals surface area contributed by atoms with Gasteiger partial charge in [-0.3, -0.25) is 4.79 Å². The lowest BCUT2D eigenvalue weighted by Crippen LogP contribution is -2.52. The summed E-state index contributed by atoms with van der Waals surface area (Å²) in [7, 11) is 0. The van der Waals surface area contributed by atoms with Crippen LogP contribution in [0, 0.1) is 5.92 Å². The zero-order valence-electron chi connectivity index (χ0n) is 13.5. The summed E-state index contributed by atoms with van der Waals surface area (Å²) < 4.78 is 10.2. The van der Waals surface area contributed by atoms with Crippen LogP contribution in [-0.4, -0.2) is 53.3 Å². The fourth-order valence-corrected chi connectivity index (χ4v) is 3.43. The van der Waals surface area contributed by atoms with E-state index in [1.54, 1.807) is 27.0 Å². The molecule has 2 aliphatic rings. The highest BCUT2D eigenvalue weighted by Crippen LogP contribution is 2.40. The molecule has 0 amide bonds. The molecule has 1 saturated heterocycles. The maximum Gasteiger partial charge on any atom is 0.336 e. The SMILES string of the molecule is CCOC(=O)C1=CN2CCCC[C@](C)(O)[C@H]2[C@@H]1C(=O)OCC. The van der Waals surface area contributed by atoms with Gasteiger partial charge in [-0.2, -0.15) is 0 Å². The third kappa shape index (κ3) is 3.11. The first-order valence-electron chi connectivity index (χ1n) is 7.96. The molecule has 1 N–H and O–H groups in total. The van der Waals surface area contributed by atoms with Gasteiger partial charge in [0.1, 0.15) is 5.92 Å². The summed E-state index contributed by atoms with van der Waals surface area (Å²) in [6.45, 7) is 6.36. The molecule has 2 heterocycles. The van der Waals surface area contributed by atoms with Crippen LogP contribution in [0.25, 0.3) is 0 Å². The number of ether oxygens (including phenoxy) is 2. The molecule has 0 spiro atoms. The average molecular weight is 311 g/mol. The lowest BCUT2D eigenvalue weighted by atomic mass is 9.81. The van der Waals surface area contributed by atoms with E-state index in [1.165, 1.54) is 0 Å². The number of carbonyl (C=O) groups is 2. The van der Waals surface area contributed by atoms with E-state index in [0.717, 1.165) is 12.8 Å². The van der Waals surface area contributed by atoms with Crippen LogP contribution >= 0.6 is 0 Å². The topological polar surface area (TPSA) is 76.1 Å². The van der Waals surface area contributed by atoms with Crippen molar-refractivity contribution in [3.8, 4) is 0 Å². The van der Waals surface area contributed by atoms with Gasteiger partial charge in [-0.25, -0.2) is 4.79 Å². The fourth-order valence-electron chi connectivity index (χ4n) is 3.43. The fraction of sp³-hybridized carbons (Fsp3) is 0.750. The molecule has 0 aromatic rings. The number of carbonyl (C=O) groups excluding carboxylic acids is 2. The van der Waals surface area contributed by atoms with Gasteiger partial charge in [0.05, 0.1) is 30.4 Å². The lowest BCUT2D eigenvalue weighted by Gasteiger charge is -2.37. The molecule has 2 rings (SSSR count). The molecule has 2 aliphatic heterocycles. The van der Waals surface area contributed by atoms with Crippen molar-refractivity contribution in [3.05, 3.63) is 11.8 Å². The number of hydrogen-bond donors (Lipinski definition) is 1. The van der Waals surface area contributed by atoms with Gasteiger partial charge < -0.3 is 19.5 Å². The van der Waals surface area contributed by atoms with E-state index < -0.39 is 29.5 Å². The molecule has 0 aromatic heterocycles. The van der Waals surface area contributed by atoms with E-state index in [9.17, 15) is 14.7 Å². The van der Waals surface area contributed by atoms with Crippen molar-refractivity contribution < 1.29 is 24.2 Å². The van der Waals surface area contributed by atoms with Crippen molar-refractivity contribution in [3.63, 3.8) is 0 Å². The summed E-state index contributed by atoms with van der Waals surface area (Å²) in [4.78, 5) is 26.5. The first-order chi connectivity index (χ1) is 10.4. The van der Waals surface area contributed by atoms with Crippen LogP contribution in [0.15, 0.2) is 11.8 Å². The highest BCUT2D eigenvalue weighted by Gasteiger charge is 2.52. The molecule has 0 bridgehead atoms. The second kappa shape index (κ2) is 6.69. The summed E-state index contributed by atoms with van der Waals surface area (Å²) in [6.07, 6.45) is 4.06. The third-order valence-electron chi connectivity index (χ3n) is 4.35. The van der Waals surface area contributed by atoms with Crippen molar-refractivity contribution in [2.45, 2.75) is 51.7 Å². The summed E-state index contributed by atoms with van der Waals surface area (Å²) in [5, 5.41) is 10.8. The smallest absolute Gasteiger partial charge is 0.336 e. The minimum Gasteiger partial charge on any atom is -0.465 e. The molecule has 0 aliphatic carbocycles. The Bertz CT molecular complexity index is 471. The predicted octanol–water partition coefficient (Wildman–Crippen LogP) is 1.23. The van der Waals surface area contributed by atoms with Crippen LogP contribution in [0.5, 0.6) is 0 Å². The van der Waals surface area contributed by atoms with E-state index in [0.29, 0.717) is 13.0 Å². The standard InChI is InChI=1S/C16H25NO5/c1-4-21-14(18)11-10-17-9-7-6-8-16(3,20)13(17)12(11)15(19)22-5-2/h10,12-13,20H,4-9H2,1-3H3/t12-,13-,16+/m1/s1. The number of nitrogens with zero attached hydrogens (tertiary/aromatic N) is 1. The maximum atomic E-state index is 12.4. The molecule has 22 heavy (non-hydrogen) atoms. The molecule has 0 unspecified atom stereocenters. The highest BCUT2D eigenvalue weighted by molar-refractivity contribution is 5.97. The van der Waals surface area contributed by atoms with Gasteiger partial charge in [-0.05, 0) is 40.0 Å². The number of hydrogen-bond acceptors (Lipinski definition) is 6. The Kier molecular flexibility index (Phi) is 5.11.